The van der Waals surface area contributed by atoms with E-state index in [0.717, 1.165) is 18.4 Å². The van der Waals surface area contributed by atoms with Crippen molar-refractivity contribution < 1.29 is 31.5 Å². The van der Waals surface area contributed by atoms with Crippen LogP contribution in [0.15, 0.2) is 30.3 Å². The summed E-state index contributed by atoms with van der Waals surface area (Å²) in [7, 11) is 0. The SMILES string of the molecule is O=C(c1cc(C2CC2)c(OCC2CCN(C(c3cc(Cl)cc(Cl)c3)C(F)(F)F)CC2)cc1F)N1CCC(F)C1. The van der Waals surface area contributed by atoms with Gasteiger partial charge in [-0.25, -0.2) is 8.78 Å². The first kappa shape index (κ1) is 28.4. The summed E-state index contributed by atoms with van der Waals surface area (Å²) < 4.78 is 76.8. The van der Waals surface area contributed by atoms with E-state index in [2.05, 4.69) is 0 Å². The van der Waals surface area contributed by atoms with Crippen molar-refractivity contribution in [2.45, 2.75) is 56.4 Å². The van der Waals surface area contributed by atoms with Crippen molar-refractivity contribution in [3.05, 3.63) is 62.9 Å². The summed E-state index contributed by atoms with van der Waals surface area (Å²) in [6.45, 7) is 0.855. The molecule has 0 bridgehead atoms. The number of nitrogens with zero attached hydrogens (tertiary/aromatic N) is 2. The number of rotatable bonds is 7. The lowest BCUT2D eigenvalue weighted by molar-refractivity contribution is -0.190. The number of hydrogen-bond donors (Lipinski definition) is 0. The molecule has 1 amide bonds. The number of carbonyl (C=O) groups is 1. The summed E-state index contributed by atoms with van der Waals surface area (Å²) in [4.78, 5) is 15.5. The van der Waals surface area contributed by atoms with E-state index < -0.39 is 30.1 Å². The molecule has 39 heavy (non-hydrogen) atoms. The highest BCUT2D eigenvalue weighted by Crippen LogP contribution is 2.46. The Morgan fingerprint density at radius 2 is 1.64 bits per heavy atom. The largest absolute Gasteiger partial charge is 0.493 e. The van der Waals surface area contributed by atoms with E-state index in [1.54, 1.807) is 0 Å². The Morgan fingerprint density at radius 1 is 0.974 bits per heavy atom. The van der Waals surface area contributed by atoms with Gasteiger partial charge in [0.2, 0.25) is 0 Å². The molecule has 0 radical (unpaired) electrons. The molecule has 212 valence electrons. The van der Waals surface area contributed by atoms with Crippen LogP contribution >= 0.6 is 23.2 Å². The fraction of sp³-hybridized carbons (Fsp3) is 0.536. The molecule has 11 heteroatoms. The van der Waals surface area contributed by atoms with Crippen LogP contribution < -0.4 is 4.74 Å². The highest BCUT2D eigenvalue weighted by Gasteiger charge is 2.46. The Labute approximate surface area is 234 Å². The summed E-state index contributed by atoms with van der Waals surface area (Å²) >= 11 is 11.9. The van der Waals surface area contributed by atoms with Gasteiger partial charge in [0.05, 0.1) is 18.7 Å². The standard InChI is InChI=1S/C28H29Cl2F5N2O2/c29-19-9-18(10-20(30)11-19)26(28(33,34)35)36-6-3-16(4-7-36)15-39-25-13-24(32)23(12-22(25)17-1-2-17)27(38)37-8-5-21(31)14-37/h9-13,16-17,21,26H,1-8,14-15H2. The minimum atomic E-state index is -4.51. The number of benzene rings is 2. The van der Waals surface area contributed by atoms with E-state index in [4.69, 9.17) is 27.9 Å². The Kier molecular flexibility index (Phi) is 8.32. The molecule has 5 rings (SSSR count). The van der Waals surface area contributed by atoms with Crippen LogP contribution in [0.25, 0.3) is 0 Å². The van der Waals surface area contributed by atoms with E-state index in [0.29, 0.717) is 18.6 Å². The van der Waals surface area contributed by atoms with E-state index in [1.165, 1.54) is 40.1 Å². The maximum atomic E-state index is 15.0. The molecule has 3 fully saturated rings. The molecule has 2 aromatic carbocycles. The number of amides is 1. The van der Waals surface area contributed by atoms with Gasteiger partial charge in [-0.15, -0.1) is 0 Å². The third-order valence-corrected chi connectivity index (χ3v) is 8.20. The molecule has 0 N–H and O–H groups in total. The van der Waals surface area contributed by atoms with Gasteiger partial charge in [0.25, 0.3) is 5.91 Å². The lowest BCUT2D eigenvalue weighted by Crippen LogP contribution is -2.43. The summed E-state index contributed by atoms with van der Waals surface area (Å²) in [6, 6.07) is 4.92. The second kappa shape index (κ2) is 11.4. The number of ether oxygens (including phenoxy) is 1. The quantitative estimate of drug-likeness (QED) is 0.311. The van der Waals surface area contributed by atoms with E-state index >= 15 is 0 Å². The van der Waals surface area contributed by atoms with Crippen LogP contribution in [0.4, 0.5) is 22.0 Å². The van der Waals surface area contributed by atoms with Crippen LogP contribution in [0, 0.1) is 11.7 Å². The molecule has 2 heterocycles. The molecule has 4 nitrogen and oxygen atoms in total. The monoisotopic (exact) mass is 590 g/mol. The van der Waals surface area contributed by atoms with Crippen LogP contribution in [0.3, 0.4) is 0 Å². The van der Waals surface area contributed by atoms with Crippen molar-refractivity contribution in [1.82, 2.24) is 9.80 Å². The second-order valence-electron chi connectivity index (χ2n) is 10.7. The van der Waals surface area contributed by atoms with Crippen molar-refractivity contribution in [2.24, 2.45) is 5.92 Å². The minimum Gasteiger partial charge on any atom is -0.493 e. The van der Waals surface area contributed by atoms with Crippen molar-refractivity contribution in [3.8, 4) is 5.75 Å². The number of carbonyl (C=O) groups excluding carboxylic acids is 1. The fourth-order valence-electron chi connectivity index (χ4n) is 5.57. The van der Waals surface area contributed by atoms with Crippen molar-refractivity contribution >= 4 is 29.1 Å². The van der Waals surface area contributed by atoms with Crippen LogP contribution in [0.2, 0.25) is 10.0 Å². The average molecular weight is 591 g/mol. The summed E-state index contributed by atoms with van der Waals surface area (Å²) in [5.41, 5.74) is 0.680. The maximum absolute atomic E-state index is 15.0. The predicted octanol–water partition coefficient (Wildman–Crippen LogP) is 7.59. The van der Waals surface area contributed by atoms with Gasteiger partial charge in [-0.3, -0.25) is 9.69 Å². The first-order chi connectivity index (χ1) is 18.5. The van der Waals surface area contributed by atoms with Gasteiger partial charge in [-0.1, -0.05) is 23.2 Å². The Hall–Kier alpha value is -2.10. The molecule has 2 atom stereocenters. The van der Waals surface area contributed by atoms with Gasteiger partial charge >= 0.3 is 6.18 Å². The summed E-state index contributed by atoms with van der Waals surface area (Å²) in [5.74, 6) is -0.724. The van der Waals surface area contributed by atoms with Gasteiger partial charge in [0, 0.05) is 22.7 Å². The first-order valence-corrected chi connectivity index (χ1v) is 13.9. The van der Waals surface area contributed by atoms with Gasteiger partial charge in [-0.2, -0.15) is 13.2 Å². The third-order valence-electron chi connectivity index (χ3n) is 7.76. The molecule has 3 aliphatic rings. The van der Waals surface area contributed by atoms with Crippen molar-refractivity contribution in [1.29, 1.82) is 0 Å². The molecule has 2 unspecified atom stereocenters. The maximum Gasteiger partial charge on any atom is 0.408 e. The Balaban J connectivity index is 1.24. The third kappa shape index (κ3) is 6.63. The normalized spacial score (nSPS) is 21.8. The van der Waals surface area contributed by atoms with Crippen LogP contribution in [0.5, 0.6) is 5.75 Å². The lowest BCUT2D eigenvalue weighted by Gasteiger charge is -2.38. The molecule has 0 spiro atoms. The zero-order valence-corrected chi connectivity index (χ0v) is 22.6. The molecule has 1 saturated carbocycles. The lowest BCUT2D eigenvalue weighted by atomic mass is 9.94. The summed E-state index contributed by atoms with van der Waals surface area (Å²) in [5, 5.41) is 0.294. The molecule has 0 aromatic heterocycles. The molecule has 2 aromatic rings. The summed E-state index contributed by atoms with van der Waals surface area (Å²) in [6.07, 6.45) is -2.61. The Morgan fingerprint density at radius 3 is 2.21 bits per heavy atom. The number of likely N-dealkylation sites (tertiary alicyclic amines) is 2. The van der Waals surface area contributed by atoms with Crippen LogP contribution in [-0.2, 0) is 0 Å². The zero-order chi connectivity index (χ0) is 27.9. The van der Waals surface area contributed by atoms with E-state index in [-0.39, 0.29) is 72.2 Å². The first-order valence-electron chi connectivity index (χ1n) is 13.2. The number of alkyl halides is 4. The second-order valence-corrected chi connectivity index (χ2v) is 11.6. The van der Waals surface area contributed by atoms with Gasteiger partial charge in [0.15, 0.2) is 0 Å². The van der Waals surface area contributed by atoms with Crippen LogP contribution in [0.1, 0.15) is 65.5 Å². The predicted molar refractivity (Wildman–Crippen MR) is 139 cm³/mol. The fourth-order valence-corrected chi connectivity index (χ4v) is 6.11. The molecular formula is C28H29Cl2F5N2O2. The minimum absolute atomic E-state index is 0.00449. The van der Waals surface area contributed by atoms with Crippen molar-refractivity contribution in [2.75, 3.05) is 32.8 Å². The van der Waals surface area contributed by atoms with Gasteiger partial charge < -0.3 is 9.64 Å². The number of piperidine rings is 1. The smallest absolute Gasteiger partial charge is 0.408 e. The zero-order valence-electron chi connectivity index (χ0n) is 21.1. The topological polar surface area (TPSA) is 32.8 Å². The van der Waals surface area contributed by atoms with E-state index in [1.807, 2.05) is 0 Å². The van der Waals surface area contributed by atoms with Gasteiger partial charge in [-0.05, 0) is 92.4 Å². The number of hydrogen-bond acceptors (Lipinski definition) is 3. The Bertz CT molecular complexity index is 1190. The molecule has 2 aliphatic heterocycles. The highest BCUT2D eigenvalue weighted by atomic mass is 35.5. The van der Waals surface area contributed by atoms with E-state index in [9.17, 15) is 26.7 Å². The van der Waals surface area contributed by atoms with Crippen molar-refractivity contribution in [3.63, 3.8) is 0 Å². The average Bonchev–Trinajstić information content (AvgIpc) is 3.61. The van der Waals surface area contributed by atoms with Gasteiger partial charge in [0.1, 0.15) is 23.8 Å². The molecule has 1 aliphatic carbocycles. The molecular weight excluding hydrogens is 562 g/mol. The molecule has 2 saturated heterocycles. The van der Waals surface area contributed by atoms with Crippen LogP contribution in [-0.4, -0.2) is 60.8 Å². The highest BCUT2D eigenvalue weighted by molar-refractivity contribution is 6.34. The number of halogens is 7.